The second kappa shape index (κ2) is 4.50. The summed E-state index contributed by atoms with van der Waals surface area (Å²) in [4.78, 5) is 14.8. The van der Waals surface area contributed by atoms with Crippen LogP contribution in [0.2, 0.25) is 0 Å². The lowest BCUT2D eigenvalue weighted by molar-refractivity contribution is 0.101. The molecule has 1 rings (SSSR count). The van der Waals surface area contributed by atoms with Crippen LogP contribution < -0.4 is 5.73 Å². The van der Waals surface area contributed by atoms with Crippen LogP contribution in [-0.2, 0) is 9.84 Å². The van der Waals surface area contributed by atoms with E-state index in [1.54, 1.807) is 0 Å². The van der Waals surface area contributed by atoms with Crippen molar-refractivity contribution in [3.05, 3.63) is 24.0 Å². The number of carbonyl (C=O) groups excluding carboxylic acids is 1. The maximum absolute atomic E-state index is 11.6. The van der Waals surface area contributed by atoms with Gasteiger partial charge in [0.25, 0.3) is 0 Å². The van der Waals surface area contributed by atoms with Crippen LogP contribution >= 0.6 is 0 Å². The molecule has 0 aliphatic heterocycles. The number of carbonyl (C=O) groups is 1. The van der Waals surface area contributed by atoms with Gasteiger partial charge in [0.1, 0.15) is 0 Å². The van der Waals surface area contributed by atoms with Crippen LogP contribution in [0.5, 0.6) is 0 Å². The molecular formula is C9H12N2O3S. The summed E-state index contributed by atoms with van der Waals surface area (Å²) in [6.07, 6.45) is 2.56. The predicted octanol–water partition coefficient (Wildman–Crippen LogP) is 0.0166. The molecule has 2 N–H and O–H groups in total. The van der Waals surface area contributed by atoms with Crippen molar-refractivity contribution >= 4 is 15.6 Å². The Morgan fingerprint density at radius 3 is 2.67 bits per heavy atom. The lowest BCUT2D eigenvalue weighted by Crippen LogP contribution is -2.16. The van der Waals surface area contributed by atoms with E-state index in [1.807, 2.05) is 0 Å². The van der Waals surface area contributed by atoms with Gasteiger partial charge in [0.15, 0.2) is 15.6 Å². The molecule has 0 atom stereocenters. The highest BCUT2D eigenvalue weighted by Gasteiger charge is 2.14. The summed E-state index contributed by atoms with van der Waals surface area (Å²) in [5.74, 6) is -0.358. The summed E-state index contributed by atoms with van der Waals surface area (Å²) >= 11 is 0. The molecule has 1 heterocycles. The van der Waals surface area contributed by atoms with Crippen LogP contribution in [0.4, 0.5) is 0 Å². The van der Waals surface area contributed by atoms with Crippen molar-refractivity contribution in [3.8, 4) is 0 Å². The summed E-state index contributed by atoms with van der Waals surface area (Å²) in [6.45, 7) is 1.41. The van der Waals surface area contributed by atoms with Gasteiger partial charge in [0, 0.05) is 24.5 Å². The van der Waals surface area contributed by atoms with Crippen LogP contribution in [0.25, 0.3) is 0 Å². The Hall–Kier alpha value is -1.27. The van der Waals surface area contributed by atoms with Gasteiger partial charge in [0.2, 0.25) is 0 Å². The fraction of sp³-hybridized carbons (Fsp3) is 0.333. The van der Waals surface area contributed by atoms with Gasteiger partial charge in [-0.25, -0.2) is 8.42 Å². The minimum absolute atomic E-state index is 0.0423. The quantitative estimate of drug-likeness (QED) is 0.733. The number of rotatable bonds is 4. The Morgan fingerprint density at radius 2 is 2.13 bits per heavy atom. The zero-order chi connectivity index (χ0) is 11.5. The molecule has 0 saturated heterocycles. The molecule has 6 heteroatoms. The largest absolute Gasteiger partial charge is 0.329 e. The van der Waals surface area contributed by atoms with Gasteiger partial charge in [-0.1, -0.05) is 0 Å². The van der Waals surface area contributed by atoms with Gasteiger partial charge in [-0.2, -0.15) is 0 Å². The first-order valence-electron chi connectivity index (χ1n) is 4.36. The minimum atomic E-state index is -3.41. The number of sulfone groups is 1. The average molecular weight is 228 g/mol. The molecule has 0 radical (unpaired) electrons. The van der Waals surface area contributed by atoms with Crippen LogP contribution in [0.3, 0.4) is 0 Å². The van der Waals surface area contributed by atoms with Gasteiger partial charge < -0.3 is 5.73 Å². The molecule has 5 nitrogen and oxygen atoms in total. The second-order valence-electron chi connectivity index (χ2n) is 3.07. The smallest absolute Gasteiger partial charge is 0.181 e. The van der Waals surface area contributed by atoms with Gasteiger partial charge >= 0.3 is 0 Å². The first-order valence-corrected chi connectivity index (χ1v) is 6.01. The predicted molar refractivity (Wildman–Crippen MR) is 55.3 cm³/mol. The van der Waals surface area contributed by atoms with Crippen molar-refractivity contribution in [1.29, 1.82) is 0 Å². The van der Waals surface area contributed by atoms with E-state index >= 15 is 0 Å². The Bertz CT molecular complexity index is 468. The maximum atomic E-state index is 11.6. The van der Waals surface area contributed by atoms with Crippen molar-refractivity contribution in [2.24, 2.45) is 5.73 Å². The van der Waals surface area contributed by atoms with Crippen molar-refractivity contribution in [2.45, 2.75) is 11.8 Å². The summed E-state index contributed by atoms with van der Waals surface area (Å²) in [6, 6.07) is 1.32. The first kappa shape index (κ1) is 11.8. The summed E-state index contributed by atoms with van der Waals surface area (Å²) in [5, 5.41) is 0. The molecule has 0 fully saturated rings. The lowest BCUT2D eigenvalue weighted by atomic mass is 10.2. The standard InChI is InChI=1S/C9H12N2O3S/c1-7(12)8-4-9(6-11-5-8)15(13,14)3-2-10/h4-6H,2-3,10H2,1H3. The molecule has 82 valence electrons. The molecule has 0 amide bonds. The SMILES string of the molecule is CC(=O)c1cncc(S(=O)(=O)CCN)c1. The molecular weight excluding hydrogens is 216 g/mol. The van der Waals surface area contributed by atoms with E-state index in [9.17, 15) is 13.2 Å². The normalized spacial score (nSPS) is 11.3. The van der Waals surface area contributed by atoms with E-state index in [2.05, 4.69) is 4.98 Å². The Labute approximate surface area is 88.2 Å². The molecule has 0 bridgehead atoms. The third-order valence-electron chi connectivity index (χ3n) is 1.87. The lowest BCUT2D eigenvalue weighted by Gasteiger charge is -2.03. The van der Waals surface area contributed by atoms with E-state index in [4.69, 9.17) is 5.73 Å². The topological polar surface area (TPSA) is 90.1 Å². The summed E-state index contributed by atoms with van der Waals surface area (Å²) in [5.41, 5.74) is 5.47. The van der Waals surface area contributed by atoms with Crippen molar-refractivity contribution in [3.63, 3.8) is 0 Å². The summed E-state index contributed by atoms with van der Waals surface area (Å²) < 4.78 is 23.2. The number of nitrogens with zero attached hydrogens (tertiary/aromatic N) is 1. The highest BCUT2D eigenvalue weighted by molar-refractivity contribution is 7.91. The molecule has 0 aromatic carbocycles. The number of aromatic nitrogens is 1. The second-order valence-corrected chi connectivity index (χ2v) is 5.18. The molecule has 0 saturated carbocycles. The maximum Gasteiger partial charge on any atom is 0.181 e. The molecule has 0 spiro atoms. The van der Waals surface area contributed by atoms with Crippen molar-refractivity contribution < 1.29 is 13.2 Å². The molecule has 15 heavy (non-hydrogen) atoms. The first-order chi connectivity index (χ1) is 6.97. The number of ketones is 1. The molecule has 0 aliphatic carbocycles. The fourth-order valence-electron chi connectivity index (χ4n) is 1.05. The fourth-order valence-corrected chi connectivity index (χ4v) is 2.13. The molecule has 1 aromatic heterocycles. The van der Waals surface area contributed by atoms with Gasteiger partial charge in [-0.05, 0) is 13.0 Å². The number of nitrogens with two attached hydrogens (primary N) is 1. The van der Waals surface area contributed by atoms with Crippen LogP contribution in [-0.4, -0.2) is 31.5 Å². The third kappa shape index (κ3) is 2.84. The van der Waals surface area contributed by atoms with Gasteiger partial charge in [-0.15, -0.1) is 0 Å². The third-order valence-corrected chi connectivity index (χ3v) is 3.58. The van der Waals surface area contributed by atoms with E-state index < -0.39 is 9.84 Å². The van der Waals surface area contributed by atoms with Crippen molar-refractivity contribution in [2.75, 3.05) is 12.3 Å². The Kier molecular flexibility index (Phi) is 3.54. The van der Waals surface area contributed by atoms with Gasteiger partial charge in [0.05, 0.1) is 10.6 Å². The van der Waals surface area contributed by atoms with Crippen LogP contribution in [0, 0.1) is 0 Å². The number of pyridine rings is 1. The molecule has 0 unspecified atom stereocenters. The van der Waals surface area contributed by atoms with E-state index in [0.717, 1.165) is 0 Å². The monoisotopic (exact) mass is 228 g/mol. The zero-order valence-corrected chi connectivity index (χ0v) is 9.12. The Morgan fingerprint density at radius 1 is 1.47 bits per heavy atom. The average Bonchev–Trinajstić information content (AvgIpc) is 2.18. The Balaban J connectivity index is 3.16. The number of hydrogen-bond donors (Lipinski definition) is 1. The zero-order valence-electron chi connectivity index (χ0n) is 8.30. The van der Waals surface area contributed by atoms with Crippen LogP contribution in [0.1, 0.15) is 17.3 Å². The highest BCUT2D eigenvalue weighted by Crippen LogP contribution is 2.11. The van der Waals surface area contributed by atoms with Crippen molar-refractivity contribution in [1.82, 2.24) is 4.98 Å². The number of hydrogen-bond acceptors (Lipinski definition) is 5. The minimum Gasteiger partial charge on any atom is -0.329 e. The molecule has 1 aromatic rings. The number of Topliss-reactive ketones (excluding diaryl/α,β-unsaturated/α-hetero) is 1. The van der Waals surface area contributed by atoms with E-state index in [0.29, 0.717) is 0 Å². The highest BCUT2D eigenvalue weighted by atomic mass is 32.2. The van der Waals surface area contributed by atoms with E-state index in [1.165, 1.54) is 25.4 Å². The molecule has 0 aliphatic rings. The summed E-state index contributed by atoms with van der Waals surface area (Å²) in [7, 11) is -3.41. The van der Waals surface area contributed by atoms with Crippen LogP contribution in [0.15, 0.2) is 23.4 Å². The van der Waals surface area contributed by atoms with Gasteiger partial charge in [-0.3, -0.25) is 9.78 Å². The van der Waals surface area contributed by atoms with E-state index in [-0.39, 0.29) is 28.5 Å².